The Balaban J connectivity index is 1.32. The Bertz CT molecular complexity index is 2110. The Labute approximate surface area is 364 Å². The minimum atomic E-state index is -1.26. The standard InChI is InChI=1S/C47H63N7O8/c1-8-41-36(26-54-28-38(49-51-54)34-17-13-10-14-18-34)23-29(2)19-20-39(55)30(3)24-35(21-22-53-27-37(48-50-53)33-15-11-9-12-16-33)46(31(4)40(56)25-42(57)61-41)62-47-45(59)43(52(6)7)44(58)32(5)60-47/h9-20,23,27-28,30-32,35-36,40-41,43-47,56,58-59H,8,21-22,24-26H2,1-7H3/b20-19+,29-23+/t30-,31+,32-,35+,36-,40-,41-,43?,44?,45?,46-,47+/m1/s1. The lowest BCUT2D eigenvalue weighted by Gasteiger charge is -2.46. The maximum absolute atomic E-state index is 14.0. The van der Waals surface area contributed by atoms with Crippen molar-refractivity contribution in [1.29, 1.82) is 0 Å². The van der Waals surface area contributed by atoms with Crippen LogP contribution in [0.1, 0.15) is 60.3 Å². The van der Waals surface area contributed by atoms with E-state index in [9.17, 15) is 24.9 Å². The van der Waals surface area contributed by atoms with Gasteiger partial charge in [-0.2, -0.15) is 0 Å². The van der Waals surface area contributed by atoms with Crippen LogP contribution in [0.3, 0.4) is 0 Å². The van der Waals surface area contributed by atoms with E-state index in [4.69, 9.17) is 14.2 Å². The van der Waals surface area contributed by atoms with Gasteiger partial charge in [0.15, 0.2) is 12.1 Å². The Morgan fingerprint density at radius 2 is 1.47 bits per heavy atom. The number of aliphatic hydroxyl groups is 3. The highest BCUT2D eigenvalue weighted by Gasteiger charge is 2.47. The number of benzene rings is 2. The molecule has 0 radical (unpaired) electrons. The molecule has 3 N–H and O–H groups in total. The molecule has 2 aromatic carbocycles. The molecule has 4 heterocycles. The van der Waals surface area contributed by atoms with Gasteiger partial charge < -0.3 is 34.4 Å². The summed E-state index contributed by atoms with van der Waals surface area (Å²) in [5, 5.41) is 52.1. The van der Waals surface area contributed by atoms with E-state index in [0.29, 0.717) is 43.7 Å². The first kappa shape index (κ1) is 46.6. The van der Waals surface area contributed by atoms with Crippen molar-refractivity contribution in [3.8, 4) is 22.5 Å². The van der Waals surface area contributed by atoms with Crippen molar-refractivity contribution in [2.24, 2.45) is 23.7 Å². The summed E-state index contributed by atoms with van der Waals surface area (Å²) in [4.78, 5) is 29.6. The lowest BCUT2D eigenvalue weighted by atomic mass is 9.79. The minimum absolute atomic E-state index is 0.0916. The molecule has 2 aliphatic heterocycles. The summed E-state index contributed by atoms with van der Waals surface area (Å²) >= 11 is 0. The fraction of sp³-hybridized carbons (Fsp3) is 0.532. The van der Waals surface area contributed by atoms with Gasteiger partial charge in [-0.15, -0.1) is 10.2 Å². The summed E-state index contributed by atoms with van der Waals surface area (Å²) < 4.78 is 22.6. The first-order valence-corrected chi connectivity index (χ1v) is 21.7. The van der Waals surface area contributed by atoms with Crippen molar-refractivity contribution < 1.29 is 39.1 Å². The van der Waals surface area contributed by atoms with Crippen molar-refractivity contribution in [3.63, 3.8) is 0 Å². The van der Waals surface area contributed by atoms with E-state index in [1.807, 2.05) is 99.9 Å². The number of ether oxygens (including phenoxy) is 3. The quantitative estimate of drug-likeness (QED) is 0.169. The molecule has 6 rings (SSSR count). The van der Waals surface area contributed by atoms with Crippen LogP contribution in [0.4, 0.5) is 0 Å². The van der Waals surface area contributed by atoms with E-state index in [2.05, 4.69) is 20.6 Å². The van der Waals surface area contributed by atoms with Crippen LogP contribution in [0.5, 0.6) is 0 Å². The van der Waals surface area contributed by atoms with Crippen molar-refractivity contribution in [1.82, 2.24) is 34.9 Å². The van der Waals surface area contributed by atoms with Gasteiger partial charge in [-0.1, -0.05) is 110 Å². The number of esters is 1. The molecule has 0 bridgehead atoms. The largest absolute Gasteiger partial charge is 0.462 e. The molecule has 2 aliphatic rings. The zero-order valence-corrected chi connectivity index (χ0v) is 36.8. The number of rotatable bonds is 11. The molecule has 1 fully saturated rings. The molecule has 12 atom stereocenters. The van der Waals surface area contributed by atoms with Crippen LogP contribution in [-0.4, -0.2) is 125 Å². The van der Waals surface area contributed by atoms with E-state index in [-0.39, 0.29) is 18.1 Å². The lowest BCUT2D eigenvalue weighted by molar-refractivity contribution is -0.304. The van der Waals surface area contributed by atoms with Gasteiger partial charge in [-0.25, -0.2) is 0 Å². The number of hydrogen-bond donors (Lipinski definition) is 3. The first-order chi connectivity index (χ1) is 29.7. The molecule has 15 nitrogen and oxygen atoms in total. The smallest absolute Gasteiger partial charge is 0.308 e. The summed E-state index contributed by atoms with van der Waals surface area (Å²) in [6, 6.07) is 18.8. The van der Waals surface area contributed by atoms with Crippen LogP contribution < -0.4 is 0 Å². The molecule has 0 aliphatic carbocycles. The molecule has 334 valence electrons. The average molecular weight is 854 g/mol. The van der Waals surface area contributed by atoms with Gasteiger partial charge in [0.1, 0.15) is 23.6 Å². The summed E-state index contributed by atoms with van der Waals surface area (Å²) in [5.41, 5.74) is 4.08. The van der Waals surface area contributed by atoms with Crippen LogP contribution in [-0.2, 0) is 36.9 Å². The number of ketones is 1. The Morgan fingerprint density at radius 1 is 0.855 bits per heavy atom. The predicted molar refractivity (Wildman–Crippen MR) is 233 cm³/mol. The molecule has 2 aromatic heterocycles. The second-order valence-electron chi connectivity index (χ2n) is 17.2. The fourth-order valence-electron chi connectivity index (χ4n) is 8.65. The maximum atomic E-state index is 14.0. The molecule has 0 amide bonds. The maximum Gasteiger partial charge on any atom is 0.308 e. The third-order valence-corrected chi connectivity index (χ3v) is 12.3. The zero-order chi connectivity index (χ0) is 44.5. The molecule has 4 aromatic rings. The van der Waals surface area contributed by atoms with E-state index in [1.165, 1.54) is 0 Å². The highest BCUT2D eigenvalue weighted by Crippen LogP contribution is 2.35. The molecular weight excluding hydrogens is 791 g/mol. The third kappa shape index (κ3) is 11.8. The van der Waals surface area contributed by atoms with Crippen molar-refractivity contribution in [2.45, 2.75) is 122 Å². The van der Waals surface area contributed by atoms with Gasteiger partial charge >= 0.3 is 5.97 Å². The number of likely N-dealkylation sites (N-methyl/N-ethyl adjacent to an activating group) is 1. The van der Waals surface area contributed by atoms with Gasteiger partial charge in [0.05, 0.1) is 55.8 Å². The molecular formula is C47H63N7O8. The van der Waals surface area contributed by atoms with Crippen molar-refractivity contribution in [3.05, 3.63) is 96.9 Å². The fourth-order valence-corrected chi connectivity index (χ4v) is 8.65. The zero-order valence-electron chi connectivity index (χ0n) is 36.8. The highest BCUT2D eigenvalue weighted by atomic mass is 16.7. The number of aromatic nitrogens is 6. The Hall–Kier alpha value is -4.90. The average Bonchev–Trinajstić information content (AvgIpc) is 3.94. The van der Waals surface area contributed by atoms with Crippen LogP contribution in [0, 0.1) is 23.7 Å². The summed E-state index contributed by atoms with van der Waals surface area (Å²) in [7, 11) is 3.53. The van der Waals surface area contributed by atoms with Crippen LogP contribution in [0.2, 0.25) is 0 Å². The SMILES string of the molecule is CC[C@H]1OC(=O)C[C@@H](O)[C@H](C)[C@@H](O[C@@H]2O[C@H](C)C(O)C(N(C)C)C2O)[C@@H](CCn2cc(-c3ccccc3)nn2)C[C@@H](C)C(=O)/C=C/C(C)=C/[C@@H]1Cn1cc(-c2ccccc2)nn1. The number of carbonyl (C=O) groups is 2. The number of aryl methyl sites for hydroxylation is 1. The Kier molecular flexibility index (Phi) is 16.1. The van der Waals surface area contributed by atoms with Gasteiger partial charge in [0.2, 0.25) is 0 Å². The van der Waals surface area contributed by atoms with E-state index in [1.54, 1.807) is 54.4 Å². The number of aliphatic hydroxyl groups excluding tert-OH is 3. The number of cyclic esters (lactones) is 1. The summed E-state index contributed by atoms with van der Waals surface area (Å²) in [6.45, 7) is 9.98. The van der Waals surface area contributed by atoms with Gasteiger partial charge in [0.25, 0.3) is 0 Å². The molecule has 0 spiro atoms. The van der Waals surface area contributed by atoms with Gasteiger partial charge in [0, 0.05) is 35.4 Å². The first-order valence-electron chi connectivity index (χ1n) is 21.7. The molecule has 0 saturated carbocycles. The normalized spacial score (nSPS) is 32.0. The minimum Gasteiger partial charge on any atom is -0.462 e. The van der Waals surface area contributed by atoms with Crippen LogP contribution in [0.25, 0.3) is 22.5 Å². The number of nitrogens with zero attached hydrogens (tertiary/aromatic N) is 7. The second kappa shape index (κ2) is 21.5. The van der Waals surface area contributed by atoms with Crippen LogP contribution in [0.15, 0.2) is 96.9 Å². The third-order valence-electron chi connectivity index (χ3n) is 12.3. The molecule has 15 heteroatoms. The van der Waals surface area contributed by atoms with Gasteiger partial charge in [-0.3, -0.25) is 19.0 Å². The molecule has 1 saturated heterocycles. The number of hydrogen-bond acceptors (Lipinski definition) is 13. The van der Waals surface area contributed by atoms with Crippen LogP contribution >= 0.6 is 0 Å². The molecule has 3 unspecified atom stereocenters. The van der Waals surface area contributed by atoms with E-state index < -0.39 is 72.7 Å². The topological polar surface area (TPSA) is 187 Å². The lowest BCUT2D eigenvalue weighted by Crippen LogP contribution is -2.63. The van der Waals surface area contributed by atoms with E-state index in [0.717, 1.165) is 16.7 Å². The van der Waals surface area contributed by atoms with Crippen molar-refractivity contribution >= 4 is 11.8 Å². The molecule has 62 heavy (non-hydrogen) atoms. The van der Waals surface area contributed by atoms with Gasteiger partial charge in [-0.05, 0) is 59.2 Å². The second-order valence-corrected chi connectivity index (χ2v) is 17.2. The van der Waals surface area contributed by atoms with E-state index >= 15 is 0 Å². The summed E-state index contributed by atoms with van der Waals surface area (Å²) in [5.74, 6) is -2.62. The predicted octanol–water partition coefficient (Wildman–Crippen LogP) is 5.13. The van der Waals surface area contributed by atoms with Crippen molar-refractivity contribution in [2.75, 3.05) is 14.1 Å². The highest BCUT2D eigenvalue weighted by molar-refractivity contribution is 5.91. The Morgan fingerprint density at radius 3 is 2.08 bits per heavy atom. The monoisotopic (exact) mass is 853 g/mol. The number of carbonyl (C=O) groups excluding carboxylic acids is 2. The number of allylic oxidation sites excluding steroid dienone is 3. The summed E-state index contributed by atoms with van der Waals surface area (Å²) in [6.07, 6.45) is 3.20.